The average molecular weight is 432 g/mol. The quantitative estimate of drug-likeness (QED) is 0.732. The molecule has 4 rings (SSSR count). The lowest BCUT2D eigenvalue weighted by atomic mass is 9.70. The molecule has 5 atom stereocenters. The van der Waals surface area contributed by atoms with E-state index in [0.29, 0.717) is 6.04 Å². The molecule has 5 heteroatoms. The molecule has 31 heavy (non-hydrogen) atoms. The maximum Gasteiger partial charge on any atom is 0.165 e. The van der Waals surface area contributed by atoms with Crippen molar-refractivity contribution < 1.29 is 19.3 Å². The van der Waals surface area contributed by atoms with Crippen molar-refractivity contribution in [3.63, 3.8) is 0 Å². The van der Waals surface area contributed by atoms with Crippen LogP contribution in [-0.2, 0) is 16.6 Å². The minimum Gasteiger partial charge on any atom is -0.493 e. The average Bonchev–Trinajstić information content (AvgIpc) is 3.55. The van der Waals surface area contributed by atoms with Gasteiger partial charge in [-0.15, -0.1) is 0 Å². The number of ether oxygens (including phenoxy) is 3. The smallest absolute Gasteiger partial charge is 0.165 e. The molecule has 2 fully saturated rings. The van der Waals surface area contributed by atoms with Crippen LogP contribution in [0, 0.1) is 11.8 Å². The van der Waals surface area contributed by atoms with Crippen LogP contribution in [-0.4, -0.2) is 62.2 Å². The number of benzene rings is 1. The van der Waals surface area contributed by atoms with E-state index in [9.17, 15) is 5.11 Å². The van der Waals surface area contributed by atoms with Crippen LogP contribution in [0.2, 0.25) is 0 Å². The Labute approximate surface area is 188 Å². The van der Waals surface area contributed by atoms with Crippen molar-refractivity contribution in [2.45, 2.75) is 83.0 Å². The van der Waals surface area contributed by atoms with Gasteiger partial charge in [-0.3, -0.25) is 0 Å². The van der Waals surface area contributed by atoms with Crippen LogP contribution in [0.1, 0.15) is 64.0 Å². The molecule has 1 saturated carbocycles. The van der Waals surface area contributed by atoms with E-state index in [4.69, 9.17) is 14.2 Å². The number of fused-ring (bicyclic) bond motifs is 3. The van der Waals surface area contributed by atoms with Gasteiger partial charge in [0.2, 0.25) is 0 Å². The Balaban J connectivity index is 1.76. The van der Waals surface area contributed by atoms with Crippen LogP contribution < -0.4 is 9.47 Å². The van der Waals surface area contributed by atoms with E-state index in [1.807, 2.05) is 6.07 Å². The molecule has 0 aromatic heterocycles. The molecule has 5 nitrogen and oxygen atoms in total. The van der Waals surface area contributed by atoms with Crippen LogP contribution in [0.4, 0.5) is 0 Å². The van der Waals surface area contributed by atoms with Gasteiger partial charge >= 0.3 is 0 Å². The summed E-state index contributed by atoms with van der Waals surface area (Å²) in [6.07, 6.45) is 6.40. The third-order valence-corrected chi connectivity index (χ3v) is 8.12. The first-order valence-electron chi connectivity index (χ1n) is 12.2. The largest absolute Gasteiger partial charge is 0.493 e. The fraction of sp³-hybridized carbons (Fsp3) is 0.769. The first-order chi connectivity index (χ1) is 14.9. The molecule has 3 aliphatic rings. The summed E-state index contributed by atoms with van der Waals surface area (Å²) >= 11 is 0. The maximum atomic E-state index is 10.2. The molecule has 4 unspecified atom stereocenters. The highest BCUT2D eigenvalue weighted by Gasteiger charge is 2.52. The van der Waals surface area contributed by atoms with Gasteiger partial charge in [0.05, 0.1) is 13.2 Å². The van der Waals surface area contributed by atoms with E-state index in [1.165, 1.54) is 30.5 Å². The summed E-state index contributed by atoms with van der Waals surface area (Å²) in [5.74, 6) is 2.78. The van der Waals surface area contributed by atoms with Crippen LogP contribution in [0.25, 0.3) is 0 Å². The number of aliphatic hydroxyl groups excluding tert-OH is 1. The first-order valence-corrected chi connectivity index (χ1v) is 12.2. The topological polar surface area (TPSA) is 51.2 Å². The third kappa shape index (κ3) is 4.34. The lowest BCUT2D eigenvalue weighted by Gasteiger charge is -2.41. The summed E-state index contributed by atoms with van der Waals surface area (Å²) in [5, 5.41) is 10.2. The summed E-state index contributed by atoms with van der Waals surface area (Å²) in [5.41, 5.74) is 2.49. The zero-order chi connectivity index (χ0) is 22.2. The molecule has 1 aromatic carbocycles. The highest BCUT2D eigenvalue weighted by atomic mass is 16.6. The Hall–Kier alpha value is -1.30. The standard InChI is InChI=1S/C26H41NO4/c1-6-20-9-10-21(29-4)24-23(20)26(3)11-12-27(15-18-7-8-18)17(2)13-19(16-28)14-22(30-5)25(26)31-24/h9-10,17-19,22,25,28H,6-8,11-16H2,1-5H3/t17?,19?,22?,25-,26?/m0/s1. The van der Waals surface area contributed by atoms with Gasteiger partial charge in [-0.2, -0.15) is 0 Å². The minimum absolute atomic E-state index is 0.0638. The van der Waals surface area contributed by atoms with Gasteiger partial charge in [0, 0.05) is 37.3 Å². The molecule has 1 N–H and O–H groups in total. The zero-order valence-electron chi connectivity index (χ0n) is 20.0. The Morgan fingerprint density at radius 3 is 2.58 bits per heavy atom. The van der Waals surface area contributed by atoms with E-state index >= 15 is 0 Å². The molecule has 0 bridgehead atoms. The summed E-state index contributed by atoms with van der Waals surface area (Å²) in [7, 11) is 3.51. The van der Waals surface area contributed by atoms with Gasteiger partial charge < -0.3 is 24.2 Å². The summed E-state index contributed by atoms with van der Waals surface area (Å²) in [6, 6.07) is 4.71. The number of rotatable bonds is 6. The molecule has 2 aliphatic heterocycles. The molecule has 174 valence electrons. The fourth-order valence-electron chi connectivity index (χ4n) is 6.00. The lowest BCUT2D eigenvalue weighted by Crippen LogP contribution is -2.50. The second-order valence-corrected chi connectivity index (χ2v) is 10.3. The van der Waals surface area contributed by atoms with Gasteiger partial charge in [0.25, 0.3) is 0 Å². The molecule has 0 spiro atoms. The molecular weight excluding hydrogens is 390 g/mol. The van der Waals surface area contributed by atoms with Crippen molar-refractivity contribution in [1.29, 1.82) is 0 Å². The minimum atomic E-state index is -0.158. The highest BCUT2D eigenvalue weighted by Crippen LogP contribution is 2.53. The van der Waals surface area contributed by atoms with Crippen molar-refractivity contribution in [1.82, 2.24) is 4.90 Å². The Kier molecular flexibility index (Phi) is 6.85. The van der Waals surface area contributed by atoms with Crippen LogP contribution in [0.15, 0.2) is 12.1 Å². The van der Waals surface area contributed by atoms with Crippen molar-refractivity contribution in [3.05, 3.63) is 23.3 Å². The van der Waals surface area contributed by atoms with Gasteiger partial charge in [0.15, 0.2) is 11.5 Å². The lowest BCUT2D eigenvalue weighted by molar-refractivity contribution is -0.0471. The number of methoxy groups -OCH3 is 2. The van der Waals surface area contributed by atoms with Crippen molar-refractivity contribution in [2.24, 2.45) is 11.8 Å². The van der Waals surface area contributed by atoms with Crippen LogP contribution in [0.3, 0.4) is 0 Å². The van der Waals surface area contributed by atoms with Crippen LogP contribution in [0.5, 0.6) is 11.5 Å². The maximum absolute atomic E-state index is 10.2. The van der Waals surface area contributed by atoms with E-state index in [2.05, 4.69) is 31.7 Å². The third-order valence-electron chi connectivity index (χ3n) is 8.12. The van der Waals surface area contributed by atoms with E-state index in [-0.39, 0.29) is 30.1 Å². The van der Waals surface area contributed by atoms with Gasteiger partial charge in [0.1, 0.15) is 6.10 Å². The molecule has 0 amide bonds. The second kappa shape index (κ2) is 9.29. The summed E-state index contributed by atoms with van der Waals surface area (Å²) < 4.78 is 18.5. The molecule has 1 aromatic rings. The monoisotopic (exact) mass is 431 g/mol. The number of aliphatic hydroxyl groups is 1. The number of aryl methyl sites for hydroxylation is 1. The van der Waals surface area contributed by atoms with E-state index in [0.717, 1.165) is 49.6 Å². The molecular formula is C26H41NO4. The Bertz CT molecular complexity index is 764. The first kappa shape index (κ1) is 22.9. The normalized spacial score (nSPS) is 34.0. The zero-order valence-corrected chi connectivity index (χ0v) is 20.0. The van der Waals surface area contributed by atoms with Crippen LogP contribution >= 0.6 is 0 Å². The van der Waals surface area contributed by atoms with Gasteiger partial charge in [-0.1, -0.05) is 19.9 Å². The van der Waals surface area contributed by atoms with Crippen molar-refractivity contribution in [3.8, 4) is 11.5 Å². The highest BCUT2D eigenvalue weighted by molar-refractivity contribution is 5.58. The van der Waals surface area contributed by atoms with E-state index < -0.39 is 0 Å². The van der Waals surface area contributed by atoms with Gasteiger partial charge in [-0.25, -0.2) is 0 Å². The number of hydrogen-bond donors (Lipinski definition) is 1. The number of hydrogen-bond acceptors (Lipinski definition) is 5. The molecule has 1 aliphatic carbocycles. The van der Waals surface area contributed by atoms with E-state index in [1.54, 1.807) is 14.2 Å². The SMILES string of the molecule is CCc1ccc(OC)c2c1C1(C)CCN(CC3CC3)C(C)CC(CO)CC(OC)[C@@H]1O2. The second-order valence-electron chi connectivity index (χ2n) is 10.3. The fourth-order valence-corrected chi connectivity index (χ4v) is 6.00. The predicted octanol–water partition coefficient (Wildman–Crippen LogP) is 4.18. The van der Waals surface area contributed by atoms with Gasteiger partial charge in [-0.05, 0) is 75.5 Å². The molecule has 0 radical (unpaired) electrons. The molecule has 1 saturated heterocycles. The predicted molar refractivity (Wildman–Crippen MR) is 123 cm³/mol. The summed E-state index contributed by atoms with van der Waals surface area (Å²) in [6.45, 7) is 9.34. The Morgan fingerprint density at radius 1 is 1.19 bits per heavy atom. The van der Waals surface area contributed by atoms with Crippen molar-refractivity contribution in [2.75, 3.05) is 33.9 Å². The molecule has 2 heterocycles. The summed E-state index contributed by atoms with van der Waals surface area (Å²) in [4.78, 5) is 2.68. The number of nitrogens with zero attached hydrogens (tertiary/aromatic N) is 1. The van der Waals surface area contributed by atoms with Crippen molar-refractivity contribution >= 4 is 0 Å². The Morgan fingerprint density at radius 2 is 1.97 bits per heavy atom.